The Kier molecular flexibility index (Phi) is 2.03. The number of carbonyl (C=O) groups is 2. The topological polar surface area (TPSA) is 101 Å². The predicted molar refractivity (Wildman–Crippen MR) is 44.9 cm³/mol. The van der Waals surface area contributed by atoms with E-state index in [9.17, 15) is 14.7 Å². The van der Waals surface area contributed by atoms with Gasteiger partial charge in [-0.25, -0.2) is 0 Å². The van der Waals surface area contributed by atoms with E-state index in [4.69, 9.17) is 0 Å². The Morgan fingerprint density at radius 2 is 1.85 bits per heavy atom. The lowest BCUT2D eigenvalue weighted by molar-refractivity contribution is 0.0879. The van der Waals surface area contributed by atoms with Crippen molar-refractivity contribution in [2.75, 3.05) is 0 Å². The van der Waals surface area contributed by atoms with Crippen molar-refractivity contribution in [3.05, 3.63) is 29.3 Å². The van der Waals surface area contributed by atoms with E-state index in [-0.39, 0.29) is 23.0 Å². The molecule has 1 aromatic carbocycles. The van der Waals surface area contributed by atoms with Gasteiger partial charge in [-0.2, -0.15) is 0 Å². The van der Waals surface area contributed by atoms with E-state index in [1.54, 1.807) is 0 Å². The Labute approximate surface area is 74.0 Å². The molecule has 0 aliphatic carbocycles. The van der Waals surface area contributed by atoms with Crippen LogP contribution in [0.25, 0.3) is 0 Å². The number of hydrogen-bond donors (Lipinski definition) is 3. The van der Waals surface area contributed by atoms with Gasteiger partial charge in [0.15, 0.2) is 0 Å². The van der Waals surface area contributed by atoms with Gasteiger partial charge in [-0.15, -0.1) is 0 Å². The van der Waals surface area contributed by atoms with Gasteiger partial charge in [-0.05, 0) is 12.1 Å². The van der Waals surface area contributed by atoms with E-state index < -0.39 is 11.8 Å². The van der Waals surface area contributed by atoms with Crippen LogP contribution < -0.4 is 11.5 Å². The van der Waals surface area contributed by atoms with Crippen LogP contribution in [0.2, 0.25) is 0 Å². The maximum Gasteiger partial charge on any atom is 0.262 e. The summed E-state index contributed by atoms with van der Waals surface area (Å²) in [4.78, 5) is 22.0. The highest BCUT2D eigenvalue weighted by molar-refractivity contribution is 6.22. The van der Waals surface area contributed by atoms with Gasteiger partial charge >= 0.3 is 0 Å². The van der Waals surface area contributed by atoms with Crippen LogP contribution in [0.3, 0.4) is 0 Å². The molecule has 2 rings (SSSR count). The zero-order valence-corrected chi connectivity index (χ0v) is 6.70. The van der Waals surface area contributed by atoms with E-state index in [1.807, 2.05) is 0 Å². The lowest BCUT2D eigenvalue weighted by atomic mass is 10.1. The minimum Gasteiger partial charge on any atom is -0.507 e. The van der Waals surface area contributed by atoms with Crippen molar-refractivity contribution in [2.24, 2.45) is 0 Å². The largest absolute Gasteiger partial charge is 0.507 e. The van der Waals surface area contributed by atoms with Crippen molar-refractivity contribution < 1.29 is 14.7 Å². The summed E-state index contributed by atoms with van der Waals surface area (Å²) in [5.74, 6) is -1.14. The minimum atomic E-state index is -0.534. The van der Waals surface area contributed by atoms with Crippen LogP contribution in [0.4, 0.5) is 0 Å². The second kappa shape index (κ2) is 2.87. The number of nitrogens with one attached hydrogen (secondary N) is 1. The number of benzene rings is 1. The molecule has 0 unspecified atom stereocenters. The Morgan fingerprint density at radius 3 is 2.46 bits per heavy atom. The summed E-state index contributed by atoms with van der Waals surface area (Å²) in [5, 5.41) is 11.3. The molecule has 0 bridgehead atoms. The number of carbonyl (C=O) groups excluding carboxylic acids is 2. The first-order valence-electron chi connectivity index (χ1n) is 3.38. The molecule has 0 spiro atoms. The highest BCUT2D eigenvalue weighted by Crippen LogP contribution is 2.24. The van der Waals surface area contributed by atoms with Gasteiger partial charge in [-0.3, -0.25) is 14.9 Å². The Hall–Kier alpha value is -1.88. The molecule has 1 aliphatic rings. The first-order chi connectivity index (χ1) is 5.70. The predicted octanol–water partition coefficient (Wildman–Crippen LogP) is 0.438. The van der Waals surface area contributed by atoms with Crippen molar-refractivity contribution in [2.45, 2.75) is 0 Å². The molecule has 5 N–H and O–H groups in total. The number of rotatable bonds is 0. The van der Waals surface area contributed by atoms with Crippen LogP contribution >= 0.6 is 0 Å². The maximum atomic E-state index is 11.0. The third kappa shape index (κ3) is 1.15. The summed E-state index contributed by atoms with van der Waals surface area (Å²) in [6.07, 6.45) is 0. The van der Waals surface area contributed by atoms with Gasteiger partial charge in [0, 0.05) is 0 Å². The van der Waals surface area contributed by atoms with E-state index in [0.29, 0.717) is 0 Å². The van der Waals surface area contributed by atoms with E-state index >= 15 is 0 Å². The van der Waals surface area contributed by atoms with Crippen molar-refractivity contribution in [3.8, 4) is 5.75 Å². The number of amides is 2. The second-order valence-electron chi connectivity index (χ2n) is 2.48. The zero-order chi connectivity index (χ0) is 8.72. The molecule has 68 valence electrons. The van der Waals surface area contributed by atoms with Crippen molar-refractivity contribution in [1.82, 2.24) is 11.5 Å². The fourth-order valence-electron chi connectivity index (χ4n) is 1.20. The standard InChI is InChI=1S/C8H5NO3.H3N/c10-5-3-1-2-4-6(5)8(12)9-7(4)11;/h1-3,10H,(H,9,11,12);1H3. The summed E-state index contributed by atoms with van der Waals surface area (Å²) in [6.45, 7) is 0. The number of aromatic hydroxyl groups is 1. The molecule has 0 radical (unpaired) electrons. The quantitative estimate of drug-likeness (QED) is 0.504. The van der Waals surface area contributed by atoms with Crippen molar-refractivity contribution in [3.63, 3.8) is 0 Å². The highest BCUT2D eigenvalue weighted by Gasteiger charge is 2.28. The smallest absolute Gasteiger partial charge is 0.262 e. The average Bonchev–Trinajstić information content (AvgIpc) is 2.29. The molecule has 5 heteroatoms. The summed E-state index contributed by atoms with van der Waals surface area (Å²) >= 11 is 0. The highest BCUT2D eigenvalue weighted by atomic mass is 16.3. The fraction of sp³-hybridized carbons (Fsp3) is 0. The van der Waals surface area contributed by atoms with Crippen LogP contribution in [-0.4, -0.2) is 16.9 Å². The third-order valence-electron chi connectivity index (χ3n) is 1.74. The van der Waals surface area contributed by atoms with E-state index in [1.165, 1.54) is 18.2 Å². The first-order valence-corrected chi connectivity index (χ1v) is 3.38. The lowest BCUT2D eigenvalue weighted by Crippen LogP contribution is -2.19. The number of phenolic OH excluding ortho intramolecular Hbond substituents is 1. The molecule has 1 aliphatic heterocycles. The zero-order valence-electron chi connectivity index (χ0n) is 6.70. The van der Waals surface area contributed by atoms with Gasteiger partial charge in [0.1, 0.15) is 5.75 Å². The summed E-state index contributed by atoms with van der Waals surface area (Å²) in [6, 6.07) is 4.39. The maximum absolute atomic E-state index is 11.0. The Morgan fingerprint density at radius 1 is 1.15 bits per heavy atom. The molecule has 1 heterocycles. The molecule has 2 amide bonds. The van der Waals surface area contributed by atoms with Crippen molar-refractivity contribution >= 4 is 11.8 Å². The van der Waals surface area contributed by atoms with E-state index in [2.05, 4.69) is 5.32 Å². The first kappa shape index (κ1) is 9.21. The van der Waals surface area contributed by atoms with Crippen LogP contribution in [-0.2, 0) is 0 Å². The number of fused-ring (bicyclic) bond motifs is 1. The molecule has 0 saturated carbocycles. The molecule has 0 aromatic heterocycles. The molecular formula is C8H8N2O3. The molecule has 0 saturated heterocycles. The second-order valence-corrected chi connectivity index (χ2v) is 2.48. The molecular weight excluding hydrogens is 172 g/mol. The van der Waals surface area contributed by atoms with Gasteiger partial charge in [0.05, 0.1) is 11.1 Å². The average molecular weight is 180 g/mol. The molecule has 5 nitrogen and oxygen atoms in total. The number of hydrogen-bond acceptors (Lipinski definition) is 4. The van der Waals surface area contributed by atoms with Gasteiger partial charge in [0.25, 0.3) is 11.8 Å². The number of phenols is 1. The minimum absolute atomic E-state index is 0. The SMILES string of the molecule is N.O=C1NC(=O)c2c(O)cccc21. The lowest BCUT2D eigenvalue weighted by Gasteiger charge is -1.95. The molecule has 13 heavy (non-hydrogen) atoms. The summed E-state index contributed by atoms with van der Waals surface area (Å²) in [5.41, 5.74) is 0.308. The monoisotopic (exact) mass is 180 g/mol. The van der Waals surface area contributed by atoms with Crippen LogP contribution in [0.1, 0.15) is 20.7 Å². The fourth-order valence-corrected chi connectivity index (χ4v) is 1.20. The van der Waals surface area contributed by atoms with E-state index in [0.717, 1.165) is 0 Å². The van der Waals surface area contributed by atoms with Gasteiger partial charge in [-0.1, -0.05) is 6.07 Å². The van der Waals surface area contributed by atoms with Crippen LogP contribution in [0.15, 0.2) is 18.2 Å². The van der Waals surface area contributed by atoms with Crippen LogP contribution in [0, 0.1) is 0 Å². The summed E-state index contributed by atoms with van der Waals surface area (Å²) in [7, 11) is 0. The van der Waals surface area contributed by atoms with Gasteiger partial charge in [0.2, 0.25) is 0 Å². The Balaban J connectivity index is 0.000000845. The molecule has 0 fully saturated rings. The van der Waals surface area contributed by atoms with Gasteiger partial charge < -0.3 is 11.3 Å². The van der Waals surface area contributed by atoms with Crippen molar-refractivity contribution in [1.29, 1.82) is 0 Å². The summed E-state index contributed by atoms with van der Waals surface area (Å²) < 4.78 is 0. The number of imide groups is 1. The Bertz CT molecular complexity index is 387. The normalized spacial score (nSPS) is 13.2. The molecule has 1 aromatic rings. The third-order valence-corrected chi connectivity index (χ3v) is 1.74. The molecule has 0 atom stereocenters. The van der Waals surface area contributed by atoms with Crippen LogP contribution in [0.5, 0.6) is 5.75 Å².